The van der Waals surface area contributed by atoms with E-state index >= 15 is 0 Å². The van der Waals surface area contributed by atoms with Crippen LogP contribution >= 0.6 is 23.2 Å². The Balaban J connectivity index is 1.51. The molecule has 8 heteroatoms. The molecule has 0 aliphatic heterocycles. The fraction of sp³-hybridized carbons (Fsp3) is 0.300. The van der Waals surface area contributed by atoms with Crippen molar-refractivity contribution in [2.24, 2.45) is 9.98 Å². The number of phenolic OH excluding ortho intramolecular Hbond substituents is 2. The van der Waals surface area contributed by atoms with Gasteiger partial charge in [0.25, 0.3) is 0 Å². The van der Waals surface area contributed by atoms with E-state index in [-0.39, 0.29) is 11.5 Å². The fourth-order valence-corrected chi connectivity index (χ4v) is 2.66. The summed E-state index contributed by atoms with van der Waals surface area (Å²) in [5, 5.41) is 27.1. The van der Waals surface area contributed by atoms with Gasteiger partial charge in [-0.25, -0.2) is 0 Å². The van der Waals surface area contributed by atoms with Gasteiger partial charge in [-0.1, -0.05) is 23.2 Å². The summed E-state index contributed by atoms with van der Waals surface area (Å²) in [4.78, 5) is 8.54. The van der Waals surface area contributed by atoms with Crippen molar-refractivity contribution in [3.63, 3.8) is 0 Å². The minimum atomic E-state index is 0.165. The highest BCUT2D eigenvalue weighted by Gasteiger charge is 1.99. The Morgan fingerprint density at radius 3 is 1.57 bits per heavy atom. The van der Waals surface area contributed by atoms with E-state index in [1.807, 2.05) is 0 Å². The molecule has 0 fully saturated rings. The number of aromatic hydroxyl groups is 2. The molecule has 6 nitrogen and oxygen atoms in total. The summed E-state index contributed by atoms with van der Waals surface area (Å²) in [5.41, 5.74) is 1.22. The number of hydrogen-bond donors (Lipinski definition) is 4. The third-order valence-electron chi connectivity index (χ3n) is 3.75. The summed E-state index contributed by atoms with van der Waals surface area (Å²) in [6.45, 7) is 4.34. The number of nitrogens with one attached hydrogen (secondary N) is 2. The third kappa shape index (κ3) is 8.27. The van der Waals surface area contributed by atoms with Crippen LogP contribution in [0.15, 0.2) is 46.4 Å². The molecule has 0 heterocycles. The lowest BCUT2D eigenvalue weighted by Gasteiger charge is -2.04. The lowest BCUT2D eigenvalue weighted by atomic mass is 10.2. The molecular weight excluding hydrogens is 399 g/mol. The minimum absolute atomic E-state index is 0.165. The molecule has 0 aliphatic carbocycles. The van der Waals surface area contributed by atoms with Gasteiger partial charge in [-0.05, 0) is 36.4 Å². The molecule has 0 aliphatic rings. The maximum absolute atomic E-state index is 9.68. The molecule has 2 rings (SSSR count). The Morgan fingerprint density at radius 2 is 1.14 bits per heavy atom. The highest BCUT2D eigenvalue weighted by molar-refractivity contribution is 6.31. The van der Waals surface area contributed by atoms with Crippen molar-refractivity contribution < 1.29 is 10.2 Å². The van der Waals surface area contributed by atoms with Gasteiger partial charge in [-0.15, -0.1) is 0 Å². The quantitative estimate of drug-likeness (QED) is 0.330. The number of halogens is 2. The first-order chi connectivity index (χ1) is 13.6. The predicted molar refractivity (Wildman–Crippen MR) is 117 cm³/mol. The zero-order valence-corrected chi connectivity index (χ0v) is 16.9. The van der Waals surface area contributed by atoms with E-state index < -0.39 is 0 Å². The summed E-state index contributed by atoms with van der Waals surface area (Å²) < 4.78 is 0. The molecule has 0 saturated heterocycles. The third-order valence-corrected chi connectivity index (χ3v) is 4.22. The van der Waals surface area contributed by atoms with Crippen LogP contribution in [0.25, 0.3) is 0 Å². The van der Waals surface area contributed by atoms with Gasteiger partial charge in [0.15, 0.2) is 0 Å². The Labute approximate surface area is 174 Å². The Bertz CT molecular complexity index is 745. The van der Waals surface area contributed by atoms with Crippen molar-refractivity contribution in [3.8, 4) is 11.5 Å². The first kappa shape index (κ1) is 22.2. The van der Waals surface area contributed by atoms with E-state index in [1.165, 1.54) is 0 Å². The standard InChI is InChI=1S/C20H24Cl2N4O2/c21-17-1-3-19(27)15(11-17)13-25-9-7-23-5-6-24-8-10-26-14-16-12-18(22)2-4-20(16)28/h1-4,11-14,23-24,27-28H,5-10H2. The van der Waals surface area contributed by atoms with Crippen LogP contribution in [0, 0.1) is 0 Å². The van der Waals surface area contributed by atoms with Crippen LogP contribution in [-0.4, -0.2) is 61.9 Å². The van der Waals surface area contributed by atoms with Crippen molar-refractivity contribution in [1.82, 2.24) is 10.6 Å². The average Bonchev–Trinajstić information content (AvgIpc) is 2.67. The predicted octanol–water partition coefficient (Wildman–Crippen LogP) is 3.12. The molecule has 2 aromatic rings. The Morgan fingerprint density at radius 1 is 0.714 bits per heavy atom. The summed E-state index contributed by atoms with van der Waals surface area (Å²) in [6.07, 6.45) is 3.24. The second kappa shape index (κ2) is 12.4. The second-order valence-corrected chi connectivity index (χ2v) is 6.85. The average molecular weight is 423 g/mol. The zero-order valence-electron chi connectivity index (χ0n) is 15.4. The summed E-state index contributed by atoms with van der Waals surface area (Å²) in [6, 6.07) is 9.72. The molecule has 0 spiro atoms. The SMILES string of the molecule is Oc1ccc(Cl)cc1C=NCCNCCNCCN=Cc1cc(Cl)ccc1O. The molecule has 0 saturated carbocycles. The molecule has 28 heavy (non-hydrogen) atoms. The highest BCUT2D eigenvalue weighted by atomic mass is 35.5. The molecule has 4 N–H and O–H groups in total. The number of phenols is 2. The van der Waals surface area contributed by atoms with E-state index in [0.717, 1.165) is 26.2 Å². The minimum Gasteiger partial charge on any atom is -0.507 e. The van der Waals surface area contributed by atoms with Crippen molar-refractivity contribution in [3.05, 3.63) is 57.6 Å². The van der Waals surface area contributed by atoms with Crippen molar-refractivity contribution in [1.29, 1.82) is 0 Å². The van der Waals surface area contributed by atoms with Gasteiger partial charge >= 0.3 is 0 Å². The maximum Gasteiger partial charge on any atom is 0.124 e. The zero-order chi connectivity index (χ0) is 20.2. The van der Waals surface area contributed by atoms with Crippen LogP contribution < -0.4 is 10.6 Å². The van der Waals surface area contributed by atoms with Crippen LogP contribution in [0.4, 0.5) is 0 Å². The van der Waals surface area contributed by atoms with Crippen LogP contribution in [0.2, 0.25) is 10.0 Å². The van der Waals surface area contributed by atoms with Crippen LogP contribution in [0.3, 0.4) is 0 Å². The Kier molecular flexibility index (Phi) is 9.79. The van der Waals surface area contributed by atoms with Gasteiger partial charge in [0.05, 0.1) is 13.1 Å². The molecule has 0 atom stereocenters. The van der Waals surface area contributed by atoms with Crippen LogP contribution in [0.5, 0.6) is 11.5 Å². The monoisotopic (exact) mass is 422 g/mol. The van der Waals surface area contributed by atoms with Gasteiger partial charge in [-0.3, -0.25) is 9.98 Å². The molecule has 0 radical (unpaired) electrons. The number of benzene rings is 2. The van der Waals surface area contributed by atoms with E-state index in [2.05, 4.69) is 20.6 Å². The summed E-state index contributed by atoms with van der Waals surface area (Å²) in [7, 11) is 0. The van der Waals surface area contributed by atoms with E-state index in [1.54, 1.807) is 48.8 Å². The van der Waals surface area contributed by atoms with Gasteiger partial charge in [0, 0.05) is 59.8 Å². The molecule has 0 unspecified atom stereocenters. The number of hydrogen-bond acceptors (Lipinski definition) is 6. The van der Waals surface area contributed by atoms with Crippen LogP contribution in [-0.2, 0) is 0 Å². The Hall–Kier alpha value is -2.12. The van der Waals surface area contributed by atoms with Gasteiger partial charge in [0.1, 0.15) is 11.5 Å². The van der Waals surface area contributed by atoms with E-state index in [9.17, 15) is 10.2 Å². The topological polar surface area (TPSA) is 89.2 Å². The van der Waals surface area contributed by atoms with Crippen LogP contribution in [0.1, 0.15) is 11.1 Å². The first-order valence-corrected chi connectivity index (χ1v) is 9.70. The first-order valence-electron chi connectivity index (χ1n) is 8.94. The molecular formula is C20H24Cl2N4O2. The molecule has 0 amide bonds. The maximum atomic E-state index is 9.68. The van der Waals surface area contributed by atoms with E-state index in [4.69, 9.17) is 23.2 Å². The normalized spacial score (nSPS) is 11.6. The molecule has 0 aromatic heterocycles. The van der Waals surface area contributed by atoms with Crippen molar-refractivity contribution in [2.75, 3.05) is 39.3 Å². The summed E-state index contributed by atoms with van der Waals surface area (Å²) >= 11 is 11.8. The lowest BCUT2D eigenvalue weighted by Crippen LogP contribution is -2.30. The number of rotatable bonds is 11. The number of nitrogens with zero attached hydrogens (tertiary/aromatic N) is 2. The van der Waals surface area contributed by atoms with Gasteiger partial charge in [-0.2, -0.15) is 0 Å². The van der Waals surface area contributed by atoms with E-state index in [0.29, 0.717) is 34.3 Å². The molecule has 2 aromatic carbocycles. The van der Waals surface area contributed by atoms with Crippen molar-refractivity contribution >= 4 is 35.6 Å². The second-order valence-electron chi connectivity index (χ2n) is 5.98. The lowest BCUT2D eigenvalue weighted by molar-refractivity contribution is 0.474. The van der Waals surface area contributed by atoms with Gasteiger partial charge < -0.3 is 20.8 Å². The smallest absolute Gasteiger partial charge is 0.124 e. The fourth-order valence-electron chi connectivity index (χ4n) is 2.30. The summed E-state index contributed by atoms with van der Waals surface area (Å²) in [5.74, 6) is 0.331. The largest absolute Gasteiger partial charge is 0.507 e. The molecule has 0 bridgehead atoms. The highest BCUT2D eigenvalue weighted by Crippen LogP contribution is 2.20. The number of aliphatic imine (C=N–C) groups is 2. The van der Waals surface area contributed by atoms with Crippen molar-refractivity contribution in [2.45, 2.75) is 0 Å². The molecule has 150 valence electrons. The van der Waals surface area contributed by atoms with Gasteiger partial charge in [0.2, 0.25) is 0 Å².